The van der Waals surface area contributed by atoms with Crippen LogP contribution in [0.1, 0.15) is 24.0 Å². The van der Waals surface area contributed by atoms with E-state index in [9.17, 15) is 9.59 Å². The summed E-state index contributed by atoms with van der Waals surface area (Å²) in [5.74, 6) is 1.36. The number of ether oxygens (including phenoxy) is 1. The maximum Gasteiger partial charge on any atom is 0.259 e. The van der Waals surface area contributed by atoms with Gasteiger partial charge in [0.25, 0.3) is 11.4 Å². The molecule has 1 aliphatic rings. The number of nitrogens with one attached hydrogen (secondary N) is 2. The first kappa shape index (κ1) is 24.7. The van der Waals surface area contributed by atoms with Crippen LogP contribution < -0.4 is 20.9 Å². The highest BCUT2D eigenvalue weighted by Crippen LogP contribution is 2.23. The molecule has 1 saturated heterocycles. The van der Waals surface area contributed by atoms with Crippen LogP contribution in [0.4, 0.5) is 11.6 Å². The van der Waals surface area contributed by atoms with Gasteiger partial charge in [-0.2, -0.15) is 0 Å². The number of aromatic nitrogens is 3. The summed E-state index contributed by atoms with van der Waals surface area (Å²) >= 11 is 6.04. The highest BCUT2D eigenvalue weighted by molar-refractivity contribution is 6.30. The van der Waals surface area contributed by atoms with Crippen LogP contribution in [0.5, 0.6) is 11.6 Å². The quantitative estimate of drug-likeness (QED) is 0.330. The molecule has 0 radical (unpaired) electrons. The summed E-state index contributed by atoms with van der Waals surface area (Å²) in [7, 11) is 0. The lowest BCUT2D eigenvalue weighted by atomic mass is 9.90. The van der Waals surface area contributed by atoms with Gasteiger partial charge in [-0.1, -0.05) is 23.7 Å². The third kappa shape index (κ3) is 6.25. The zero-order valence-electron chi connectivity index (χ0n) is 20.0. The van der Waals surface area contributed by atoms with Crippen molar-refractivity contribution in [1.82, 2.24) is 20.0 Å². The second-order valence-electron chi connectivity index (χ2n) is 8.88. The molecule has 0 aliphatic carbocycles. The number of halogens is 1. The summed E-state index contributed by atoms with van der Waals surface area (Å²) in [6, 6.07) is 16.0. The SMILES string of the molecule is O=C(Cc1cnc(Nc2ccc(Oc3ccon3)cc2)n(Cc2ccc(Cl)cc2)c1=O)C1CCNCC1. The van der Waals surface area contributed by atoms with Crippen molar-refractivity contribution in [3.8, 4) is 11.6 Å². The molecule has 0 bridgehead atoms. The lowest BCUT2D eigenvalue weighted by Crippen LogP contribution is -2.34. The van der Waals surface area contributed by atoms with Gasteiger partial charge in [0.05, 0.1) is 6.54 Å². The monoisotopic (exact) mass is 519 g/mol. The molecule has 5 rings (SSSR count). The zero-order chi connectivity index (χ0) is 25.6. The van der Waals surface area contributed by atoms with Crippen LogP contribution in [-0.2, 0) is 17.8 Å². The summed E-state index contributed by atoms with van der Waals surface area (Å²) in [5, 5.41) is 10.8. The molecule has 9 nitrogen and oxygen atoms in total. The summed E-state index contributed by atoms with van der Waals surface area (Å²) in [4.78, 5) is 31.0. The van der Waals surface area contributed by atoms with Crippen molar-refractivity contribution in [2.75, 3.05) is 18.4 Å². The molecular formula is C27H26ClN5O4. The molecule has 2 aromatic carbocycles. The van der Waals surface area contributed by atoms with E-state index >= 15 is 0 Å². The van der Waals surface area contributed by atoms with Gasteiger partial charge in [-0.3, -0.25) is 14.2 Å². The van der Waals surface area contributed by atoms with Crippen LogP contribution in [-0.4, -0.2) is 33.6 Å². The number of ketones is 1. The van der Waals surface area contributed by atoms with Crippen LogP contribution in [0.3, 0.4) is 0 Å². The summed E-state index contributed by atoms with van der Waals surface area (Å²) in [6.45, 7) is 1.91. The van der Waals surface area contributed by atoms with Crippen LogP contribution in [0.2, 0.25) is 5.02 Å². The Balaban J connectivity index is 1.40. The molecule has 190 valence electrons. The fourth-order valence-electron chi connectivity index (χ4n) is 4.26. The molecule has 0 atom stereocenters. The number of Topliss-reactive ketones (excluding diaryl/α,β-unsaturated/α-hetero) is 1. The van der Waals surface area contributed by atoms with Crippen LogP contribution in [0.25, 0.3) is 0 Å². The van der Waals surface area contributed by atoms with Crippen molar-refractivity contribution in [3.05, 3.63) is 93.6 Å². The van der Waals surface area contributed by atoms with E-state index in [1.54, 1.807) is 34.9 Å². The molecule has 0 saturated carbocycles. The van der Waals surface area contributed by atoms with Gasteiger partial charge in [-0.05, 0) is 73.0 Å². The summed E-state index contributed by atoms with van der Waals surface area (Å²) in [6.07, 6.45) is 4.60. The minimum absolute atomic E-state index is 0.0267. The Morgan fingerprint density at radius 2 is 1.86 bits per heavy atom. The average molecular weight is 520 g/mol. The van der Waals surface area contributed by atoms with Gasteiger partial charge in [-0.25, -0.2) is 4.98 Å². The van der Waals surface area contributed by atoms with E-state index in [1.807, 2.05) is 24.3 Å². The first-order valence-corrected chi connectivity index (χ1v) is 12.4. The lowest BCUT2D eigenvalue weighted by molar-refractivity contribution is -0.122. The fraction of sp³-hybridized carbons (Fsp3) is 0.259. The third-order valence-electron chi connectivity index (χ3n) is 6.28. The fourth-order valence-corrected chi connectivity index (χ4v) is 4.39. The number of benzene rings is 2. The molecule has 0 unspecified atom stereocenters. The van der Waals surface area contributed by atoms with E-state index in [1.165, 1.54) is 12.5 Å². The van der Waals surface area contributed by atoms with Crippen molar-refractivity contribution < 1.29 is 14.1 Å². The Kier molecular flexibility index (Phi) is 7.62. The molecule has 37 heavy (non-hydrogen) atoms. The van der Waals surface area contributed by atoms with Crippen molar-refractivity contribution in [2.24, 2.45) is 5.92 Å². The van der Waals surface area contributed by atoms with Gasteiger partial charge < -0.3 is 19.9 Å². The van der Waals surface area contributed by atoms with Crippen LogP contribution in [0.15, 0.2) is 76.4 Å². The van der Waals surface area contributed by atoms with Gasteiger partial charge in [0.2, 0.25) is 5.95 Å². The Morgan fingerprint density at radius 1 is 1.11 bits per heavy atom. The molecule has 10 heteroatoms. The maximum absolute atomic E-state index is 13.6. The molecule has 0 spiro atoms. The van der Waals surface area contributed by atoms with Crippen LogP contribution >= 0.6 is 11.6 Å². The highest BCUT2D eigenvalue weighted by Gasteiger charge is 2.23. The Bertz CT molecular complexity index is 1400. The highest BCUT2D eigenvalue weighted by atomic mass is 35.5. The van der Waals surface area contributed by atoms with E-state index in [2.05, 4.69) is 20.8 Å². The molecule has 2 N–H and O–H groups in total. The summed E-state index contributed by atoms with van der Waals surface area (Å²) < 4.78 is 11.9. The number of nitrogens with zero attached hydrogens (tertiary/aromatic N) is 3. The number of rotatable bonds is 9. The van der Waals surface area contributed by atoms with E-state index in [0.29, 0.717) is 33.9 Å². The van der Waals surface area contributed by atoms with Gasteiger partial charge in [-0.15, -0.1) is 0 Å². The van der Waals surface area contributed by atoms with E-state index in [0.717, 1.165) is 31.5 Å². The minimum Gasteiger partial charge on any atom is -0.436 e. The topological polar surface area (TPSA) is 111 Å². The van der Waals surface area contributed by atoms with Gasteiger partial charge >= 0.3 is 0 Å². The van der Waals surface area contributed by atoms with Gasteiger partial charge in [0.1, 0.15) is 17.8 Å². The third-order valence-corrected chi connectivity index (χ3v) is 6.53. The van der Waals surface area contributed by atoms with E-state index in [-0.39, 0.29) is 30.2 Å². The Morgan fingerprint density at radius 3 is 2.57 bits per heavy atom. The first-order chi connectivity index (χ1) is 18.0. The van der Waals surface area contributed by atoms with E-state index < -0.39 is 0 Å². The number of piperidine rings is 1. The minimum atomic E-state index is -0.249. The summed E-state index contributed by atoms with van der Waals surface area (Å²) in [5.41, 5.74) is 1.73. The van der Waals surface area contributed by atoms with Crippen LogP contribution in [0, 0.1) is 5.92 Å². The van der Waals surface area contributed by atoms with Crippen molar-refractivity contribution >= 4 is 29.0 Å². The zero-order valence-corrected chi connectivity index (χ0v) is 20.8. The first-order valence-electron chi connectivity index (χ1n) is 12.1. The predicted octanol–water partition coefficient (Wildman–Crippen LogP) is 4.58. The van der Waals surface area contributed by atoms with Gasteiger partial charge in [0, 0.05) is 40.9 Å². The number of anilines is 2. The molecular weight excluding hydrogens is 494 g/mol. The number of hydrogen-bond acceptors (Lipinski definition) is 8. The van der Waals surface area contributed by atoms with Gasteiger partial charge in [0.15, 0.2) is 0 Å². The Labute approximate surface area is 218 Å². The number of hydrogen-bond donors (Lipinski definition) is 2. The molecule has 4 aromatic rings. The van der Waals surface area contributed by atoms with Crippen molar-refractivity contribution in [3.63, 3.8) is 0 Å². The van der Waals surface area contributed by atoms with Crippen molar-refractivity contribution in [1.29, 1.82) is 0 Å². The second-order valence-corrected chi connectivity index (χ2v) is 9.32. The molecule has 2 aromatic heterocycles. The normalized spacial score (nSPS) is 13.9. The lowest BCUT2D eigenvalue weighted by Gasteiger charge is -2.21. The molecule has 1 aliphatic heterocycles. The standard InChI is InChI=1S/C27H26ClN5O4/c28-21-3-1-18(2-4-21)17-33-26(35)20(15-24(34)19-9-12-29-13-10-19)16-30-27(33)31-22-5-7-23(8-6-22)37-25-11-14-36-32-25/h1-8,11,14,16,19,29H,9-10,12-13,15,17H2,(H,30,31). The smallest absolute Gasteiger partial charge is 0.259 e. The maximum atomic E-state index is 13.6. The molecule has 1 fully saturated rings. The Hall–Kier alpha value is -3.95. The van der Waals surface area contributed by atoms with E-state index in [4.69, 9.17) is 20.9 Å². The predicted molar refractivity (Wildman–Crippen MR) is 140 cm³/mol. The number of carbonyl (C=O) groups excluding carboxylic acids is 1. The molecule has 3 heterocycles. The second kappa shape index (κ2) is 11.4. The number of carbonyl (C=O) groups is 1. The average Bonchev–Trinajstić information content (AvgIpc) is 3.43. The van der Waals surface area contributed by atoms with Crippen molar-refractivity contribution in [2.45, 2.75) is 25.8 Å². The largest absolute Gasteiger partial charge is 0.436 e. The molecule has 0 amide bonds.